The molecule has 8 heteroatoms. The molecular formula is C20H17ClF4N2O. The highest BCUT2D eigenvalue weighted by Crippen LogP contribution is 2.43. The zero-order valence-electron chi connectivity index (χ0n) is 14.8. The van der Waals surface area contributed by atoms with Crippen LogP contribution in [0.4, 0.5) is 28.9 Å². The zero-order chi connectivity index (χ0) is 20.1. The van der Waals surface area contributed by atoms with E-state index in [2.05, 4.69) is 0 Å². The van der Waals surface area contributed by atoms with Gasteiger partial charge in [-0.3, -0.25) is 4.79 Å². The Kier molecular flexibility index (Phi) is 4.73. The zero-order valence-corrected chi connectivity index (χ0v) is 15.5. The first kappa shape index (κ1) is 19.1. The molecule has 2 heterocycles. The van der Waals surface area contributed by atoms with Crippen LogP contribution in [0.25, 0.3) is 0 Å². The van der Waals surface area contributed by atoms with Crippen molar-refractivity contribution in [2.24, 2.45) is 0 Å². The molecule has 1 fully saturated rings. The minimum atomic E-state index is -4.54. The molecule has 1 atom stereocenters. The lowest BCUT2D eigenvalue weighted by Gasteiger charge is -2.45. The maximum absolute atomic E-state index is 14.3. The second-order valence-corrected chi connectivity index (χ2v) is 7.44. The van der Waals surface area contributed by atoms with Crippen molar-refractivity contribution in [2.75, 3.05) is 16.3 Å². The molecule has 1 amide bonds. The number of hydrogen-bond acceptors (Lipinski definition) is 2. The smallest absolute Gasteiger partial charge is 0.358 e. The Balaban J connectivity index is 1.84. The lowest BCUT2D eigenvalue weighted by molar-refractivity contribution is -0.137. The molecule has 28 heavy (non-hydrogen) atoms. The minimum Gasteiger partial charge on any atom is -0.358 e. The fourth-order valence-electron chi connectivity index (χ4n) is 3.94. The van der Waals surface area contributed by atoms with Crippen LogP contribution in [-0.4, -0.2) is 18.5 Å². The van der Waals surface area contributed by atoms with E-state index < -0.39 is 23.6 Å². The molecule has 0 bridgehead atoms. The topological polar surface area (TPSA) is 23.6 Å². The lowest BCUT2D eigenvalue weighted by atomic mass is 9.95. The average molecular weight is 413 g/mol. The molecule has 148 valence electrons. The first-order valence-corrected chi connectivity index (χ1v) is 9.37. The molecule has 0 unspecified atom stereocenters. The van der Waals surface area contributed by atoms with Crippen molar-refractivity contribution in [2.45, 2.75) is 38.0 Å². The van der Waals surface area contributed by atoms with Crippen molar-refractivity contribution in [3.8, 4) is 0 Å². The molecule has 0 spiro atoms. The van der Waals surface area contributed by atoms with Gasteiger partial charge in [0.05, 0.1) is 23.5 Å². The van der Waals surface area contributed by atoms with Crippen LogP contribution >= 0.6 is 11.6 Å². The Morgan fingerprint density at radius 3 is 2.61 bits per heavy atom. The highest BCUT2D eigenvalue weighted by molar-refractivity contribution is 6.31. The average Bonchev–Trinajstić information content (AvgIpc) is 2.66. The van der Waals surface area contributed by atoms with E-state index in [9.17, 15) is 22.4 Å². The number of benzene rings is 2. The number of hydrogen-bond donors (Lipinski definition) is 0. The van der Waals surface area contributed by atoms with Crippen LogP contribution in [0, 0.1) is 5.82 Å². The third-order valence-corrected chi connectivity index (χ3v) is 5.69. The van der Waals surface area contributed by atoms with Crippen LogP contribution in [-0.2, 0) is 17.5 Å². The Labute approximate surface area is 164 Å². The van der Waals surface area contributed by atoms with Gasteiger partial charge in [-0.2, -0.15) is 13.2 Å². The standard InChI is InChI=1S/C20H17ClF4N2O/c21-14-4-3-5-15(22)13(14)11-27-18-10-12(20(23,24)25)7-8-16(18)26-9-2-1-6-17(26)19(27)28/h3-5,7-8,10,17H,1-2,6,9,11H2/t17-/m1/s1. The van der Waals surface area contributed by atoms with Gasteiger partial charge in [0, 0.05) is 17.1 Å². The second-order valence-electron chi connectivity index (χ2n) is 7.03. The fraction of sp³-hybridized carbons (Fsp3) is 0.350. The predicted molar refractivity (Wildman–Crippen MR) is 99.0 cm³/mol. The van der Waals surface area contributed by atoms with Crippen molar-refractivity contribution in [3.63, 3.8) is 0 Å². The Morgan fingerprint density at radius 2 is 1.89 bits per heavy atom. The molecule has 2 aromatic carbocycles. The number of alkyl halides is 3. The molecule has 0 N–H and O–H groups in total. The van der Waals surface area contributed by atoms with Gasteiger partial charge in [0.15, 0.2) is 0 Å². The van der Waals surface area contributed by atoms with Crippen LogP contribution in [0.5, 0.6) is 0 Å². The quantitative estimate of drug-likeness (QED) is 0.616. The van der Waals surface area contributed by atoms with Crippen LogP contribution in [0.3, 0.4) is 0 Å². The van der Waals surface area contributed by atoms with Crippen molar-refractivity contribution in [3.05, 3.63) is 58.4 Å². The van der Waals surface area contributed by atoms with Gasteiger partial charge < -0.3 is 9.80 Å². The molecule has 3 nitrogen and oxygen atoms in total. The van der Waals surface area contributed by atoms with Gasteiger partial charge >= 0.3 is 6.18 Å². The summed E-state index contributed by atoms with van der Waals surface area (Å²) in [4.78, 5) is 16.2. The maximum Gasteiger partial charge on any atom is 0.416 e. The largest absolute Gasteiger partial charge is 0.416 e. The molecular weight excluding hydrogens is 396 g/mol. The van der Waals surface area contributed by atoms with E-state index in [1.807, 2.05) is 4.90 Å². The molecule has 0 aromatic heterocycles. The molecule has 2 aliphatic rings. The highest BCUT2D eigenvalue weighted by Gasteiger charge is 2.41. The summed E-state index contributed by atoms with van der Waals surface area (Å²) in [7, 11) is 0. The fourth-order valence-corrected chi connectivity index (χ4v) is 4.16. The van der Waals surface area contributed by atoms with Gasteiger partial charge in [-0.25, -0.2) is 4.39 Å². The number of rotatable bonds is 2. The van der Waals surface area contributed by atoms with E-state index in [1.165, 1.54) is 29.2 Å². The van der Waals surface area contributed by atoms with E-state index in [0.29, 0.717) is 18.7 Å². The van der Waals surface area contributed by atoms with Crippen LogP contribution < -0.4 is 9.80 Å². The molecule has 0 saturated carbocycles. The van der Waals surface area contributed by atoms with E-state index in [4.69, 9.17) is 11.6 Å². The minimum absolute atomic E-state index is 0.0881. The van der Waals surface area contributed by atoms with Crippen molar-refractivity contribution < 1.29 is 22.4 Å². The van der Waals surface area contributed by atoms with Gasteiger partial charge in [0.2, 0.25) is 5.91 Å². The van der Waals surface area contributed by atoms with E-state index in [0.717, 1.165) is 25.0 Å². The van der Waals surface area contributed by atoms with Crippen molar-refractivity contribution in [1.29, 1.82) is 0 Å². The number of carbonyl (C=O) groups excluding carboxylic acids is 1. The third kappa shape index (κ3) is 3.21. The monoisotopic (exact) mass is 412 g/mol. The molecule has 1 saturated heterocycles. The van der Waals surface area contributed by atoms with Gasteiger partial charge in [-0.1, -0.05) is 17.7 Å². The van der Waals surface area contributed by atoms with Gasteiger partial charge in [0.1, 0.15) is 11.9 Å². The predicted octanol–water partition coefficient (Wildman–Crippen LogP) is 5.40. The van der Waals surface area contributed by atoms with Gasteiger partial charge in [-0.15, -0.1) is 0 Å². The summed E-state index contributed by atoms with van der Waals surface area (Å²) in [5, 5.41) is 0.132. The van der Waals surface area contributed by atoms with Crippen molar-refractivity contribution in [1.82, 2.24) is 0 Å². The van der Waals surface area contributed by atoms with Crippen LogP contribution in [0.15, 0.2) is 36.4 Å². The summed E-state index contributed by atoms with van der Waals surface area (Å²) in [6, 6.07) is 7.09. The second kappa shape index (κ2) is 6.95. The first-order chi connectivity index (χ1) is 13.3. The van der Waals surface area contributed by atoms with E-state index in [-0.39, 0.29) is 28.7 Å². The third-order valence-electron chi connectivity index (χ3n) is 5.33. The summed E-state index contributed by atoms with van der Waals surface area (Å²) < 4.78 is 54.1. The Morgan fingerprint density at radius 1 is 1.11 bits per heavy atom. The SMILES string of the molecule is O=C1[C@H]2CCCCN2c2ccc(C(F)(F)F)cc2N1Cc1c(F)cccc1Cl. The number of fused-ring (bicyclic) bond motifs is 3. The number of nitrogens with zero attached hydrogens (tertiary/aromatic N) is 2. The lowest BCUT2D eigenvalue weighted by Crippen LogP contribution is -2.55. The molecule has 2 aliphatic heterocycles. The summed E-state index contributed by atoms with van der Waals surface area (Å²) >= 11 is 6.10. The Hall–Kier alpha value is -2.28. The number of amides is 1. The number of halogens is 5. The molecule has 0 radical (unpaired) electrons. The highest BCUT2D eigenvalue weighted by atomic mass is 35.5. The molecule has 0 aliphatic carbocycles. The van der Waals surface area contributed by atoms with E-state index >= 15 is 0 Å². The van der Waals surface area contributed by atoms with Crippen LogP contribution in [0.2, 0.25) is 5.02 Å². The van der Waals surface area contributed by atoms with Crippen molar-refractivity contribution >= 4 is 28.9 Å². The van der Waals surface area contributed by atoms with Crippen LogP contribution in [0.1, 0.15) is 30.4 Å². The Bertz CT molecular complexity index is 911. The van der Waals surface area contributed by atoms with Gasteiger partial charge in [-0.05, 0) is 49.6 Å². The summed E-state index contributed by atoms with van der Waals surface area (Å²) in [6.07, 6.45) is -2.21. The van der Waals surface area contributed by atoms with E-state index in [1.54, 1.807) is 0 Å². The molecule has 2 aromatic rings. The molecule has 4 rings (SSSR count). The summed E-state index contributed by atoms with van der Waals surface area (Å²) in [6.45, 7) is 0.381. The van der Waals surface area contributed by atoms with Gasteiger partial charge in [0.25, 0.3) is 0 Å². The number of piperidine rings is 1. The summed E-state index contributed by atoms with van der Waals surface area (Å²) in [5.41, 5.74) is -0.0636. The maximum atomic E-state index is 14.3. The normalized spacial score (nSPS) is 19.5. The summed E-state index contributed by atoms with van der Waals surface area (Å²) in [5.74, 6) is -0.925. The first-order valence-electron chi connectivity index (χ1n) is 8.99. The number of anilines is 2. The number of carbonyl (C=O) groups is 1.